The van der Waals surface area contributed by atoms with Crippen LogP contribution in [0.15, 0.2) is 24.3 Å². The first-order chi connectivity index (χ1) is 10.8. The van der Waals surface area contributed by atoms with Gasteiger partial charge in [-0.05, 0) is 45.4 Å². The van der Waals surface area contributed by atoms with E-state index >= 15 is 0 Å². The van der Waals surface area contributed by atoms with E-state index in [1.165, 1.54) is 0 Å². The third-order valence-electron chi connectivity index (χ3n) is 2.90. The van der Waals surface area contributed by atoms with Crippen LogP contribution in [0.25, 0.3) is 0 Å². The molecule has 6 heteroatoms. The van der Waals surface area contributed by atoms with Crippen molar-refractivity contribution in [2.75, 3.05) is 32.1 Å². The van der Waals surface area contributed by atoms with Gasteiger partial charge < -0.3 is 20.7 Å². The van der Waals surface area contributed by atoms with E-state index in [-0.39, 0.29) is 23.9 Å². The molecule has 1 aromatic carbocycles. The van der Waals surface area contributed by atoms with Crippen LogP contribution in [0.1, 0.15) is 37.6 Å². The van der Waals surface area contributed by atoms with Crippen molar-refractivity contribution in [1.82, 2.24) is 10.6 Å². The second kappa shape index (κ2) is 9.15. The van der Waals surface area contributed by atoms with E-state index in [1.807, 2.05) is 26.8 Å². The van der Waals surface area contributed by atoms with Crippen LogP contribution in [0, 0.1) is 0 Å². The van der Waals surface area contributed by atoms with Crippen molar-refractivity contribution in [2.24, 2.45) is 0 Å². The van der Waals surface area contributed by atoms with Gasteiger partial charge in [0.05, 0.1) is 6.54 Å². The first kappa shape index (κ1) is 19.0. The van der Waals surface area contributed by atoms with Crippen LogP contribution in [0.2, 0.25) is 0 Å². The van der Waals surface area contributed by atoms with E-state index in [4.69, 9.17) is 4.74 Å². The van der Waals surface area contributed by atoms with Gasteiger partial charge in [0.2, 0.25) is 5.91 Å². The molecule has 23 heavy (non-hydrogen) atoms. The Bertz CT molecular complexity index is 524. The molecule has 0 spiro atoms. The highest BCUT2D eigenvalue weighted by molar-refractivity contribution is 5.95. The van der Waals surface area contributed by atoms with Crippen LogP contribution in [-0.2, 0) is 9.53 Å². The first-order valence-corrected chi connectivity index (χ1v) is 7.74. The fourth-order valence-electron chi connectivity index (χ4n) is 1.94. The van der Waals surface area contributed by atoms with Crippen LogP contribution in [0.3, 0.4) is 0 Å². The van der Waals surface area contributed by atoms with Crippen molar-refractivity contribution in [1.29, 1.82) is 0 Å². The molecule has 0 radical (unpaired) electrons. The lowest BCUT2D eigenvalue weighted by Gasteiger charge is -2.20. The smallest absolute Gasteiger partial charge is 0.251 e. The zero-order chi connectivity index (χ0) is 17.3. The van der Waals surface area contributed by atoms with Crippen LogP contribution in [0.5, 0.6) is 0 Å². The SMILES string of the molecule is COCCCNC(=O)c1cccc(NCC(=O)NC(C)(C)C)c1. The molecule has 1 aromatic rings. The molecule has 3 N–H and O–H groups in total. The highest BCUT2D eigenvalue weighted by atomic mass is 16.5. The summed E-state index contributed by atoms with van der Waals surface area (Å²) < 4.78 is 4.94. The monoisotopic (exact) mass is 321 g/mol. The van der Waals surface area contributed by atoms with E-state index in [1.54, 1.807) is 25.3 Å². The molecule has 0 heterocycles. The summed E-state index contributed by atoms with van der Waals surface area (Å²) in [5.74, 6) is -0.226. The Kier molecular flexibility index (Phi) is 7.54. The predicted octanol–water partition coefficient (Wildman–Crippen LogP) is 1.78. The van der Waals surface area contributed by atoms with Gasteiger partial charge in [0.1, 0.15) is 0 Å². The highest BCUT2D eigenvalue weighted by Gasteiger charge is 2.13. The van der Waals surface area contributed by atoms with Gasteiger partial charge in [-0.3, -0.25) is 9.59 Å². The average molecular weight is 321 g/mol. The minimum Gasteiger partial charge on any atom is -0.385 e. The van der Waals surface area contributed by atoms with E-state index < -0.39 is 0 Å². The predicted molar refractivity (Wildman–Crippen MR) is 91.7 cm³/mol. The lowest BCUT2D eigenvalue weighted by molar-refractivity contribution is -0.120. The Morgan fingerprint density at radius 3 is 2.61 bits per heavy atom. The van der Waals surface area contributed by atoms with E-state index in [9.17, 15) is 9.59 Å². The van der Waals surface area contributed by atoms with E-state index in [0.717, 1.165) is 12.1 Å². The van der Waals surface area contributed by atoms with Gasteiger partial charge >= 0.3 is 0 Å². The normalized spacial score (nSPS) is 11.0. The molecular formula is C17H27N3O3. The third kappa shape index (κ3) is 8.21. The third-order valence-corrected chi connectivity index (χ3v) is 2.90. The Hall–Kier alpha value is -2.08. The maximum atomic E-state index is 12.0. The van der Waals surface area contributed by atoms with Crippen molar-refractivity contribution >= 4 is 17.5 Å². The largest absolute Gasteiger partial charge is 0.385 e. The van der Waals surface area contributed by atoms with Crippen molar-refractivity contribution in [3.63, 3.8) is 0 Å². The van der Waals surface area contributed by atoms with Gasteiger partial charge in [0.25, 0.3) is 5.91 Å². The molecule has 0 saturated carbocycles. The molecular weight excluding hydrogens is 294 g/mol. The standard InChI is InChI=1S/C17H27N3O3/c1-17(2,3)20-15(21)12-19-14-8-5-7-13(11-14)16(22)18-9-6-10-23-4/h5,7-8,11,19H,6,9-10,12H2,1-4H3,(H,18,22)(H,20,21). The van der Waals surface area contributed by atoms with Crippen LogP contribution < -0.4 is 16.0 Å². The quantitative estimate of drug-likeness (QED) is 0.638. The number of benzene rings is 1. The molecule has 0 fully saturated rings. The summed E-state index contributed by atoms with van der Waals surface area (Å²) in [4.78, 5) is 23.8. The van der Waals surface area contributed by atoms with Crippen LogP contribution in [0.4, 0.5) is 5.69 Å². The first-order valence-electron chi connectivity index (χ1n) is 7.74. The number of hydrogen-bond acceptors (Lipinski definition) is 4. The number of hydrogen-bond donors (Lipinski definition) is 3. The minimum atomic E-state index is -0.261. The minimum absolute atomic E-state index is 0.0908. The molecule has 0 aliphatic heterocycles. The summed E-state index contributed by atoms with van der Waals surface area (Å²) in [5.41, 5.74) is 1.03. The Labute approximate surface area is 138 Å². The molecule has 6 nitrogen and oxygen atoms in total. The summed E-state index contributed by atoms with van der Waals surface area (Å²) in [5, 5.41) is 8.73. The maximum Gasteiger partial charge on any atom is 0.251 e. The summed E-state index contributed by atoms with van der Waals surface area (Å²) in [6.07, 6.45) is 0.771. The number of amides is 2. The fourth-order valence-corrected chi connectivity index (χ4v) is 1.94. The molecule has 0 bridgehead atoms. The summed E-state index contributed by atoms with van der Waals surface area (Å²) in [6.45, 7) is 7.14. The molecule has 0 aliphatic carbocycles. The fraction of sp³-hybridized carbons (Fsp3) is 0.529. The number of methoxy groups -OCH3 is 1. The molecule has 128 valence electrons. The highest BCUT2D eigenvalue weighted by Crippen LogP contribution is 2.10. The van der Waals surface area contributed by atoms with Crippen molar-refractivity contribution in [3.05, 3.63) is 29.8 Å². The number of rotatable bonds is 8. The summed E-state index contributed by atoms with van der Waals surface area (Å²) in [7, 11) is 1.63. The number of carbonyl (C=O) groups is 2. The Morgan fingerprint density at radius 1 is 1.22 bits per heavy atom. The molecule has 0 atom stereocenters. The van der Waals surface area contributed by atoms with Gasteiger partial charge in [0, 0.05) is 37.1 Å². The molecule has 0 unspecified atom stereocenters. The van der Waals surface area contributed by atoms with E-state index in [0.29, 0.717) is 18.7 Å². The second-order valence-corrected chi connectivity index (χ2v) is 6.33. The zero-order valence-corrected chi connectivity index (χ0v) is 14.4. The molecule has 0 aliphatic rings. The van der Waals surface area contributed by atoms with E-state index in [2.05, 4.69) is 16.0 Å². The van der Waals surface area contributed by atoms with Gasteiger partial charge in [-0.15, -0.1) is 0 Å². The van der Waals surface area contributed by atoms with Crippen molar-refractivity contribution in [3.8, 4) is 0 Å². The summed E-state index contributed by atoms with van der Waals surface area (Å²) >= 11 is 0. The average Bonchev–Trinajstić information content (AvgIpc) is 2.48. The number of nitrogens with one attached hydrogen (secondary N) is 3. The van der Waals surface area contributed by atoms with Crippen molar-refractivity contribution < 1.29 is 14.3 Å². The molecule has 0 aromatic heterocycles. The van der Waals surface area contributed by atoms with Crippen LogP contribution in [-0.4, -0.2) is 44.2 Å². The van der Waals surface area contributed by atoms with Crippen molar-refractivity contribution in [2.45, 2.75) is 32.7 Å². The molecule has 2 amide bonds. The maximum absolute atomic E-state index is 12.0. The topological polar surface area (TPSA) is 79.5 Å². The zero-order valence-electron chi connectivity index (χ0n) is 14.4. The Balaban J connectivity index is 2.49. The molecule has 0 saturated heterocycles. The lowest BCUT2D eigenvalue weighted by Crippen LogP contribution is -2.43. The number of carbonyl (C=O) groups excluding carboxylic acids is 2. The van der Waals surface area contributed by atoms with Gasteiger partial charge in [0.15, 0.2) is 0 Å². The number of anilines is 1. The van der Waals surface area contributed by atoms with Crippen LogP contribution >= 0.6 is 0 Å². The molecule has 1 rings (SSSR count). The lowest BCUT2D eigenvalue weighted by atomic mass is 10.1. The Morgan fingerprint density at radius 2 is 1.96 bits per heavy atom. The number of ether oxygens (including phenoxy) is 1. The second-order valence-electron chi connectivity index (χ2n) is 6.33. The summed E-state index contributed by atoms with van der Waals surface area (Å²) in [6, 6.07) is 7.09. The van der Waals surface area contributed by atoms with Gasteiger partial charge in [-0.25, -0.2) is 0 Å². The van der Waals surface area contributed by atoms with Gasteiger partial charge in [-0.1, -0.05) is 6.07 Å². The van der Waals surface area contributed by atoms with Gasteiger partial charge in [-0.2, -0.15) is 0 Å².